The number of rotatable bonds is 4. The van der Waals surface area contributed by atoms with Crippen LogP contribution in [0.3, 0.4) is 0 Å². The van der Waals surface area contributed by atoms with Crippen molar-refractivity contribution in [3.05, 3.63) is 59.0 Å². The van der Waals surface area contributed by atoms with Gasteiger partial charge in [-0.1, -0.05) is 0 Å². The lowest BCUT2D eigenvalue weighted by Crippen LogP contribution is -1.94. The lowest BCUT2D eigenvalue weighted by atomic mass is 10.1. The molecule has 2 aromatic carbocycles. The molecular weight excluding hydrogens is 288 g/mol. The highest BCUT2D eigenvalue weighted by Crippen LogP contribution is 2.28. The molecule has 21 heavy (non-hydrogen) atoms. The van der Waals surface area contributed by atoms with Gasteiger partial charge in [-0.05, 0) is 53.9 Å². The Bertz CT molecular complexity index is 790. The van der Waals surface area contributed by atoms with Crippen molar-refractivity contribution in [1.29, 1.82) is 0 Å². The van der Waals surface area contributed by atoms with E-state index in [2.05, 4.69) is 0 Å². The summed E-state index contributed by atoms with van der Waals surface area (Å²) in [7, 11) is 0. The fraction of sp³-hybridized carbons (Fsp3) is 0.0625. The summed E-state index contributed by atoms with van der Waals surface area (Å²) in [5.41, 5.74) is 0.284. The molecule has 4 nitrogen and oxygen atoms in total. The molecule has 0 fully saturated rings. The molecule has 0 aliphatic carbocycles. The number of carboxylic acid groups (broad SMARTS) is 1. The standard InChI is InChI=1S/C16H12O4S/c17-12-2-4-13(5-3-12)20-9-14-8-11-7-10(16(18)19)1-6-15(11)21-14/h1-8,17H,9H2,(H,18,19). The van der Waals surface area contributed by atoms with Gasteiger partial charge >= 0.3 is 5.97 Å². The van der Waals surface area contributed by atoms with Gasteiger partial charge in [-0.25, -0.2) is 4.79 Å². The third kappa shape index (κ3) is 2.98. The maximum atomic E-state index is 10.9. The summed E-state index contributed by atoms with van der Waals surface area (Å²) in [5, 5.41) is 19.1. The number of carbonyl (C=O) groups is 1. The molecule has 0 bridgehead atoms. The van der Waals surface area contributed by atoms with Gasteiger partial charge in [-0.15, -0.1) is 11.3 Å². The molecular formula is C16H12O4S. The average Bonchev–Trinajstić information content (AvgIpc) is 2.88. The van der Waals surface area contributed by atoms with Gasteiger partial charge in [-0.2, -0.15) is 0 Å². The van der Waals surface area contributed by atoms with Crippen LogP contribution in [0.1, 0.15) is 15.2 Å². The van der Waals surface area contributed by atoms with E-state index in [9.17, 15) is 9.90 Å². The Morgan fingerprint density at radius 3 is 2.57 bits per heavy atom. The number of phenolic OH excluding ortho intramolecular Hbond substituents is 1. The van der Waals surface area contributed by atoms with Crippen LogP contribution in [0.2, 0.25) is 0 Å². The van der Waals surface area contributed by atoms with Gasteiger partial charge in [0.05, 0.1) is 5.56 Å². The first-order valence-electron chi connectivity index (χ1n) is 6.29. The zero-order valence-electron chi connectivity index (χ0n) is 10.9. The van der Waals surface area contributed by atoms with E-state index in [1.165, 1.54) is 0 Å². The molecule has 1 heterocycles. The van der Waals surface area contributed by atoms with Crippen LogP contribution in [0.4, 0.5) is 0 Å². The van der Waals surface area contributed by atoms with E-state index < -0.39 is 5.97 Å². The van der Waals surface area contributed by atoms with Crippen molar-refractivity contribution in [2.24, 2.45) is 0 Å². The minimum Gasteiger partial charge on any atom is -0.508 e. The molecule has 106 valence electrons. The van der Waals surface area contributed by atoms with Gasteiger partial charge in [0.25, 0.3) is 0 Å². The number of ether oxygens (including phenoxy) is 1. The van der Waals surface area contributed by atoms with Crippen molar-refractivity contribution in [2.75, 3.05) is 0 Å². The van der Waals surface area contributed by atoms with E-state index in [0.717, 1.165) is 15.0 Å². The van der Waals surface area contributed by atoms with Crippen molar-refractivity contribution in [3.8, 4) is 11.5 Å². The van der Waals surface area contributed by atoms with Gasteiger partial charge in [0.15, 0.2) is 0 Å². The summed E-state index contributed by atoms with van der Waals surface area (Å²) >= 11 is 1.57. The molecule has 0 aliphatic heterocycles. The van der Waals surface area contributed by atoms with Gasteiger partial charge in [0.1, 0.15) is 18.1 Å². The van der Waals surface area contributed by atoms with Crippen molar-refractivity contribution in [2.45, 2.75) is 6.61 Å². The van der Waals surface area contributed by atoms with E-state index in [-0.39, 0.29) is 11.3 Å². The second-order valence-corrected chi connectivity index (χ2v) is 5.72. The lowest BCUT2D eigenvalue weighted by molar-refractivity contribution is 0.0697. The highest BCUT2D eigenvalue weighted by Gasteiger charge is 2.07. The van der Waals surface area contributed by atoms with Crippen LogP contribution < -0.4 is 4.74 Å². The Hall–Kier alpha value is -2.53. The number of aromatic hydroxyl groups is 1. The topological polar surface area (TPSA) is 66.8 Å². The summed E-state index contributed by atoms with van der Waals surface area (Å²) in [6, 6.07) is 13.6. The molecule has 2 N–H and O–H groups in total. The average molecular weight is 300 g/mol. The minimum absolute atomic E-state index is 0.199. The third-order valence-corrected chi connectivity index (χ3v) is 4.12. The summed E-state index contributed by atoms with van der Waals surface area (Å²) in [6.07, 6.45) is 0. The maximum absolute atomic E-state index is 10.9. The van der Waals surface area contributed by atoms with E-state index in [0.29, 0.717) is 12.4 Å². The summed E-state index contributed by atoms with van der Waals surface area (Å²) < 4.78 is 6.67. The van der Waals surface area contributed by atoms with Crippen LogP contribution >= 0.6 is 11.3 Å². The quantitative estimate of drug-likeness (QED) is 0.767. The molecule has 0 amide bonds. The van der Waals surface area contributed by atoms with E-state index in [4.69, 9.17) is 9.84 Å². The van der Waals surface area contributed by atoms with Gasteiger partial charge in [0.2, 0.25) is 0 Å². The van der Waals surface area contributed by atoms with Crippen LogP contribution in [0.25, 0.3) is 10.1 Å². The smallest absolute Gasteiger partial charge is 0.335 e. The Morgan fingerprint density at radius 2 is 1.86 bits per heavy atom. The third-order valence-electron chi connectivity index (χ3n) is 3.03. The monoisotopic (exact) mass is 300 g/mol. The molecule has 0 spiro atoms. The molecule has 0 aliphatic rings. The molecule has 5 heteroatoms. The number of benzene rings is 2. The molecule has 3 rings (SSSR count). The van der Waals surface area contributed by atoms with Gasteiger partial charge in [0, 0.05) is 9.58 Å². The Kier molecular flexibility index (Phi) is 3.50. The van der Waals surface area contributed by atoms with Crippen molar-refractivity contribution in [1.82, 2.24) is 0 Å². The number of thiophene rings is 1. The second-order valence-electron chi connectivity index (χ2n) is 4.55. The van der Waals surface area contributed by atoms with Crippen LogP contribution in [0, 0.1) is 0 Å². The largest absolute Gasteiger partial charge is 0.508 e. The predicted molar refractivity (Wildman–Crippen MR) is 81.2 cm³/mol. The maximum Gasteiger partial charge on any atom is 0.335 e. The normalized spacial score (nSPS) is 10.7. The SMILES string of the molecule is O=C(O)c1ccc2sc(COc3ccc(O)cc3)cc2c1. The lowest BCUT2D eigenvalue weighted by Gasteiger charge is -2.03. The Labute approximate surface area is 124 Å². The number of hydrogen-bond donors (Lipinski definition) is 2. The first-order valence-corrected chi connectivity index (χ1v) is 7.11. The minimum atomic E-state index is -0.926. The highest BCUT2D eigenvalue weighted by atomic mass is 32.1. The zero-order valence-corrected chi connectivity index (χ0v) is 11.8. The molecule has 0 unspecified atom stereocenters. The molecule has 0 radical (unpaired) electrons. The summed E-state index contributed by atoms with van der Waals surface area (Å²) in [6.45, 7) is 0.409. The Morgan fingerprint density at radius 1 is 1.10 bits per heavy atom. The molecule has 0 saturated heterocycles. The fourth-order valence-electron chi connectivity index (χ4n) is 2.00. The molecule has 3 aromatic rings. The van der Waals surface area contributed by atoms with E-state index in [1.54, 1.807) is 47.7 Å². The number of hydrogen-bond acceptors (Lipinski definition) is 4. The Balaban J connectivity index is 1.78. The van der Waals surface area contributed by atoms with Crippen molar-refractivity contribution >= 4 is 27.4 Å². The first kappa shape index (κ1) is 13.5. The second kappa shape index (κ2) is 5.46. The van der Waals surface area contributed by atoms with Crippen LogP contribution in [0.5, 0.6) is 11.5 Å². The number of phenols is 1. The van der Waals surface area contributed by atoms with E-state index in [1.807, 2.05) is 12.1 Å². The fourth-order valence-corrected chi connectivity index (χ4v) is 2.96. The van der Waals surface area contributed by atoms with Crippen LogP contribution in [0.15, 0.2) is 48.5 Å². The number of carboxylic acids is 1. The highest BCUT2D eigenvalue weighted by molar-refractivity contribution is 7.19. The predicted octanol–water partition coefficient (Wildman–Crippen LogP) is 3.88. The summed E-state index contributed by atoms with van der Waals surface area (Å²) in [5.74, 6) is -0.0492. The molecule has 0 saturated carbocycles. The molecule has 1 aromatic heterocycles. The molecule has 0 atom stereocenters. The van der Waals surface area contributed by atoms with Crippen molar-refractivity contribution in [3.63, 3.8) is 0 Å². The van der Waals surface area contributed by atoms with Crippen LogP contribution in [-0.4, -0.2) is 16.2 Å². The zero-order chi connectivity index (χ0) is 14.8. The van der Waals surface area contributed by atoms with Gasteiger partial charge in [-0.3, -0.25) is 0 Å². The van der Waals surface area contributed by atoms with Gasteiger partial charge < -0.3 is 14.9 Å². The van der Waals surface area contributed by atoms with E-state index >= 15 is 0 Å². The first-order chi connectivity index (χ1) is 10.1. The number of fused-ring (bicyclic) bond motifs is 1. The summed E-state index contributed by atoms with van der Waals surface area (Å²) in [4.78, 5) is 12.0. The number of aromatic carboxylic acids is 1. The van der Waals surface area contributed by atoms with Crippen molar-refractivity contribution < 1.29 is 19.7 Å². The van der Waals surface area contributed by atoms with Crippen LogP contribution in [-0.2, 0) is 6.61 Å².